The number of hydrogen-bond donors (Lipinski definition) is 1. The average molecular weight is 476 g/mol. The van der Waals surface area contributed by atoms with Gasteiger partial charge < -0.3 is 4.98 Å². The zero-order valence-corrected chi connectivity index (χ0v) is 18.4. The molecule has 8 heteroatoms. The minimum atomic E-state index is -4.29. The Morgan fingerprint density at radius 1 is 1.00 bits per heavy atom. The number of H-pyrrole nitrogens is 1. The van der Waals surface area contributed by atoms with Crippen molar-refractivity contribution in [2.45, 2.75) is 50.1 Å². The van der Waals surface area contributed by atoms with Gasteiger partial charge in [-0.2, -0.15) is 13.2 Å². The van der Waals surface area contributed by atoms with Crippen LogP contribution in [-0.4, -0.2) is 21.1 Å². The second-order valence-corrected chi connectivity index (χ2v) is 9.32. The molecule has 1 unspecified atom stereocenters. The topological polar surface area (TPSA) is 41.6 Å². The normalized spacial score (nSPS) is 20.4. The molecule has 1 saturated carbocycles. The number of imidazole rings is 1. The van der Waals surface area contributed by atoms with E-state index in [0.29, 0.717) is 34.7 Å². The molecule has 0 aliphatic heterocycles. The Morgan fingerprint density at radius 2 is 1.76 bits per heavy atom. The quantitative estimate of drug-likeness (QED) is 0.305. The fraction of sp³-hybridized carbons (Fsp3) is 0.360. The Hall–Kier alpha value is -2.67. The first kappa shape index (κ1) is 22.1. The van der Waals surface area contributed by atoms with Crippen LogP contribution in [0.4, 0.5) is 17.6 Å². The van der Waals surface area contributed by atoms with Crippen molar-refractivity contribution in [3.8, 4) is 0 Å². The van der Waals surface area contributed by atoms with Gasteiger partial charge in [-0.15, -0.1) is 0 Å². The predicted molar refractivity (Wildman–Crippen MR) is 121 cm³/mol. The van der Waals surface area contributed by atoms with E-state index in [2.05, 4.69) is 15.0 Å². The summed E-state index contributed by atoms with van der Waals surface area (Å²) in [6.45, 7) is 0. The molecule has 1 aliphatic rings. The Bertz CT molecular complexity index is 1290. The third-order valence-electron chi connectivity index (χ3n) is 6.78. The van der Waals surface area contributed by atoms with Crippen LogP contribution in [0.2, 0.25) is 5.02 Å². The second-order valence-electron chi connectivity index (χ2n) is 8.88. The number of pyridine rings is 1. The molecule has 2 aromatic heterocycles. The van der Waals surface area contributed by atoms with Gasteiger partial charge in [0.2, 0.25) is 0 Å². The Kier molecular flexibility index (Phi) is 5.77. The lowest BCUT2D eigenvalue weighted by molar-refractivity contribution is -0.142. The van der Waals surface area contributed by atoms with E-state index < -0.39 is 18.5 Å². The number of rotatable bonds is 4. The van der Waals surface area contributed by atoms with Crippen LogP contribution in [0.5, 0.6) is 0 Å². The van der Waals surface area contributed by atoms with Crippen LogP contribution >= 0.6 is 11.6 Å². The van der Waals surface area contributed by atoms with Crippen LogP contribution in [0.3, 0.4) is 0 Å². The minimum absolute atomic E-state index is 0.149. The van der Waals surface area contributed by atoms with Crippen molar-refractivity contribution in [3.05, 3.63) is 70.9 Å². The van der Waals surface area contributed by atoms with E-state index in [1.165, 1.54) is 12.1 Å². The number of alkyl halides is 3. The van der Waals surface area contributed by atoms with Crippen LogP contribution < -0.4 is 0 Å². The summed E-state index contributed by atoms with van der Waals surface area (Å²) in [5.41, 5.74) is 3.00. The standard InChI is InChI=1S/C25H22ClF4N3/c26-16-5-7-22-23(11-16)33-24(32-22)20(13-25(28,29)30)15-3-1-14(2-4-15)18-9-10-31-21-8-6-17(27)12-19(18)21/h5-12,14-15,20H,1-4,13H2,(H,32,33). The summed E-state index contributed by atoms with van der Waals surface area (Å²) in [5, 5.41) is 1.29. The summed E-state index contributed by atoms with van der Waals surface area (Å²) in [4.78, 5) is 11.9. The summed E-state index contributed by atoms with van der Waals surface area (Å²) in [5.74, 6) is -0.688. The van der Waals surface area contributed by atoms with Gasteiger partial charge in [0.05, 0.1) is 23.0 Å². The fourth-order valence-corrected chi connectivity index (χ4v) is 5.41. The first-order valence-electron chi connectivity index (χ1n) is 11.0. The lowest BCUT2D eigenvalue weighted by atomic mass is 9.72. The van der Waals surface area contributed by atoms with Gasteiger partial charge in [0.1, 0.15) is 11.6 Å². The molecule has 2 aromatic carbocycles. The van der Waals surface area contributed by atoms with Crippen LogP contribution in [0.25, 0.3) is 21.9 Å². The van der Waals surface area contributed by atoms with Gasteiger partial charge in [-0.1, -0.05) is 11.6 Å². The molecule has 0 radical (unpaired) electrons. The van der Waals surface area contributed by atoms with Crippen molar-refractivity contribution in [2.24, 2.45) is 5.92 Å². The molecule has 1 atom stereocenters. The zero-order valence-electron chi connectivity index (χ0n) is 17.7. The fourth-order valence-electron chi connectivity index (χ4n) is 5.24. The molecule has 0 spiro atoms. The number of fused-ring (bicyclic) bond motifs is 2. The van der Waals surface area contributed by atoms with Crippen LogP contribution in [0, 0.1) is 11.7 Å². The molecule has 5 rings (SSSR count). The van der Waals surface area contributed by atoms with Crippen molar-refractivity contribution in [2.75, 3.05) is 0 Å². The minimum Gasteiger partial charge on any atom is -0.342 e. The maximum Gasteiger partial charge on any atom is 0.389 e. The molecule has 33 heavy (non-hydrogen) atoms. The Labute approximate surface area is 193 Å². The van der Waals surface area contributed by atoms with E-state index in [1.807, 2.05) is 6.07 Å². The highest BCUT2D eigenvalue weighted by molar-refractivity contribution is 6.31. The summed E-state index contributed by atoms with van der Waals surface area (Å²) >= 11 is 6.03. The van der Waals surface area contributed by atoms with Gasteiger partial charge in [0, 0.05) is 22.5 Å². The molecule has 1 aliphatic carbocycles. The predicted octanol–water partition coefficient (Wildman–Crippen LogP) is 7.91. The molecule has 4 aromatic rings. The summed E-state index contributed by atoms with van der Waals surface area (Å²) in [6, 6.07) is 11.5. The van der Waals surface area contributed by atoms with Crippen molar-refractivity contribution in [3.63, 3.8) is 0 Å². The van der Waals surface area contributed by atoms with Gasteiger partial charge in [0.15, 0.2) is 0 Å². The lowest BCUT2D eigenvalue weighted by Crippen LogP contribution is -2.25. The molecular formula is C25H22ClF4N3. The van der Waals surface area contributed by atoms with Gasteiger partial charge in [-0.25, -0.2) is 9.37 Å². The number of nitrogens with zero attached hydrogens (tertiary/aromatic N) is 2. The summed E-state index contributed by atoms with van der Waals surface area (Å²) < 4.78 is 54.4. The van der Waals surface area contributed by atoms with Crippen LogP contribution in [-0.2, 0) is 0 Å². The van der Waals surface area contributed by atoms with Crippen molar-refractivity contribution in [1.29, 1.82) is 0 Å². The molecule has 1 fully saturated rings. The second kappa shape index (κ2) is 8.60. The molecule has 1 N–H and O–H groups in total. The Balaban J connectivity index is 1.40. The number of nitrogens with one attached hydrogen (secondary N) is 1. The Morgan fingerprint density at radius 3 is 2.52 bits per heavy atom. The van der Waals surface area contributed by atoms with Gasteiger partial charge in [-0.05, 0) is 85.5 Å². The molecule has 0 saturated heterocycles. The smallest absolute Gasteiger partial charge is 0.342 e. The van der Waals surface area contributed by atoms with E-state index in [1.54, 1.807) is 30.5 Å². The van der Waals surface area contributed by atoms with E-state index in [0.717, 1.165) is 29.3 Å². The maximum absolute atomic E-state index is 13.9. The van der Waals surface area contributed by atoms with E-state index >= 15 is 0 Å². The molecule has 0 bridgehead atoms. The van der Waals surface area contributed by atoms with Crippen molar-refractivity contribution in [1.82, 2.24) is 15.0 Å². The largest absolute Gasteiger partial charge is 0.389 e. The van der Waals surface area contributed by atoms with E-state index in [4.69, 9.17) is 11.6 Å². The average Bonchev–Trinajstić information content (AvgIpc) is 3.19. The number of aromatic amines is 1. The monoisotopic (exact) mass is 475 g/mol. The summed E-state index contributed by atoms with van der Waals surface area (Å²) in [7, 11) is 0. The van der Waals surface area contributed by atoms with Gasteiger partial charge >= 0.3 is 6.18 Å². The number of benzene rings is 2. The molecule has 0 amide bonds. The van der Waals surface area contributed by atoms with Crippen LogP contribution in [0.15, 0.2) is 48.7 Å². The number of hydrogen-bond acceptors (Lipinski definition) is 2. The van der Waals surface area contributed by atoms with Crippen molar-refractivity contribution < 1.29 is 17.6 Å². The highest BCUT2D eigenvalue weighted by Gasteiger charge is 2.39. The van der Waals surface area contributed by atoms with Crippen LogP contribution in [0.1, 0.15) is 55.3 Å². The van der Waals surface area contributed by atoms with Crippen molar-refractivity contribution >= 4 is 33.5 Å². The van der Waals surface area contributed by atoms with E-state index in [-0.39, 0.29) is 17.7 Å². The number of halogens is 5. The zero-order chi connectivity index (χ0) is 23.2. The van der Waals surface area contributed by atoms with E-state index in [9.17, 15) is 17.6 Å². The maximum atomic E-state index is 13.9. The first-order chi connectivity index (χ1) is 15.8. The molecule has 3 nitrogen and oxygen atoms in total. The summed E-state index contributed by atoms with van der Waals surface area (Å²) in [6.07, 6.45) is -0.740. The lowest BCUT2D eigenvalue weighted by Gasteiger charge is -2.34. The number of aromatic nitrogens is 3. The highest BCUT2D eigenvalue weighted by atomic mass is 35.5. The van der Waals surface area contributed by atoms with Gasteiger partial charge in [0.25, 0.3) is 0 Å². The van der Waals surface area contributed by atoms with Gasteiger partial charge in [-0.3, -0.25) is 4.98 Å². The highest BCUT2D eigenvalue weighted by Crippen LogP contribution is 2.46. The first-order valence-corrected chi connectivity index (χ1v) is 11.4. The molecule has 172 valence electrons. The third kappa shape index (κ3) is 4.69. The third-order valence-corrected chi connectivity index (χ3v) is 7.02. The molecular weight excluding hydrogens is 454 g/mol. The SMILES string of the molecule is Fc1ccc2nccc(C3CCC(C(CC(F)(F)F)c4nc5ccc(Cl)cc5[nH]4)CC3)c2c1. The molecule has 2 heterocycles.